The molecule has 0 aromatic heterocycles. The quantitative estimate of drug-likeness (QED) is 0.575. The van der Waals surface area contributed by atoms with Crippen LogP contribution in [-0.2, 0) is 4.79 Å². The largest absolute Gasteiger partial charge is 0.496 e. The highest BCUT2D eigenvalue weighted by atomic mass is 79.9. The zero-order valence-electron chi connectivity index (χ0n) is 15.4. The summed E-state index contributed by atoms with van der Waals surface area (Å²) in [6.07, 6.45) is 0. The second kappa shape index (κ2) is 8.33. The molecule has 1 saturated heterocycles. The Hall–Kier alpha value is -1.37. The molecule has 0 spiro atoms. The number of ether oxygens (including phenoxy) is 2. The van der Waals surface area contributed by atoms with E-state index in [1.807, 2.05) is 23.1 Å². The van der Waals surface area contributed by atoms with Crippen LogP contribution in [0.2, 0.25) is 5.02 Å². The maximum Gasteiger partial charge on any atom is 0.267 e. The molecule has 2 aromatic rings. The molecule has 1 aliphatic rings. The zero-order chi connectivity index (χ0) is 19.6. The average molecular weight is 471 g/mol. The number of rotatable bonds is 5. The molecule has 1 heterocycles. The lowest BCUT2D eigenvalue weighted by Gasteiger charge is -2.33. The Morgan fingerprint density at radius 2 is 1.96 bits per heavy atom. The van der Waals surface area contributed by atoms with Crippen LogP contribution in [0.5, 0.6) is 11.5 Å². The van der Waals surface area contributed by atoms with Crippen LogP contribution in [-0.4, -0.2) is 35.8 Å². The van der Waals surface area contributed by atoms with Gasteiger partial charge >= 0.3 is 0 Å². The predicted molar refractivity (Wildman–Crippen MR) is 114 cm³/mol. The smallest absolute Gasteiger partial charge is 0.267 e. The predicted octanol–water partition coefficient (Wildman–Crippen LogP) is 5.54. The van der Waals surface area contributed by atoms with Gasteiger partial charge in [-0.15, -0.1) is 11.8 Å². The SMILES string of the molecule is COc1ccc(C2SCCN2C(=O)C(C)(C)Oc2ccc(Cl)cc2)cc1Br. The van der Waals surface area contributed by atoms with Crippen molar-refractivity contribution in [3.63, 3.8) is 0 Å². The van der Waals surface area contributed by atoms with Gasteiger partial charge in [0.15, 0.2) is 5.60 Å². The Balaban J connectivity index is 1.79. The Morgan fingerprint density at radius 3 is 2.59 bits per heavy atom. The van der Waals surface area contributed by atoms with E-state index in [0.717, 1.165) is 21.5 Å². The summed E-state index contributed by atoms with van der Waals surface area (Å²) in [5.41, 5.74) is 0.0709. The molecule has 4 nitrogen and oxygen atoms in total. The van der Waals surface area contributed by atoms with Gasteiger partial charge in [0, 0.05) is 17.3 Å². The average Bonchev–Trinajstić information content (AvgIpc) is 3.12. The minimum atomic E-state index is -0.985. The van der Waals surface area contributed by atoms with Gasteiger partial charge in [-0.25, -0.2) is 0 Å². The van der Waals surface area contributed by atoms with Crippen molar-refractivity contribution in [2.24, 2.45) is 0 Å². The first kappa shape index (κ1) is 20.4. The molecule has 1 atom stereocenters. The summed E-state index contributed by atoms with van der Waals surface area (Å²) < 4.78 is 12.2. The Morgan fingerprint density at radius 1 is 1.26 bits per heavy atom. The number of hydrogen-bond donors (Lipinski definition) is 0. The normalized spacial score (nSPS) is 17.1. The number of halogens is 2. The summed E-state index contributed by atoms with van der Waals surface area (Å²) in [5, 5.41) is 0.584. The molecule has 0 bridgehead atoms. The van der Waals surface area contributed by atoms with Gasteiger partial charge in [0.25, 0.3) is 5.91 Å². The van der Waals surface area contributed by atoms with Crippen molar-refractivity contribution in [2.75, 3.05) is 19.4 Å². The maximum atomic E-state index is 13.3. The van der Waals surface area contributed by atoms with Gasteiger partial charge in [0.1, 0.15) is 16.9 Å². The lowest BCUT2D eigenvalue weighted by Crippen LogP contribution is -2.48. The molecule has 0 aliphatic carbocycles. The van der Waals surface area contributed by atoms with Crippen molar-refractivity contribution < 1.29 is 14.3 Å². The molecule has 3 rings (SSSR count). The molecule has 1 unspecified atom stereocenters. The van der Waals surface area contributed by atoms with Crippen LogP contribution >= 0.6 is 39.3 Å². The van der Waals surface area contributed by atoms with Crippen molar-refractivity contribution >= 4 is 45.2 Å². The summed E-state index contributed by atoms with van der Waals surface area (Å²) in [7, 11) is 1.64. The number of carbonyl (C=O) groups is 1. The molecule has 27 heavy (non-hydrogen) atoms. The minimum Gasteiger partial charge on any atom is -0.496 e. The number of hydrogen-bond acceptors (Lipinski definition) is 4. The second-order valence-corrected chi connectivity index (χ2v) is 9.16. The van der Waals surface area contributed by atoms with E-state index in [0.29, 0.717) is 17.3 Å². The topological polar surface area (TPSA) is 38.8 Å². The standard InChI is InChI=1S/C20H21BrClNO3S/c1-20(2,26-15-7-5-14(22)6-8-15)19(24)23-10-11-27-18(23)13-4-9-17(25-3)16(21)12-13/h4-9,12,18H,10-11H2,1-3H3. The third-order valence-electron chi connectivity index (χ3n) is 4.31. The zero-order valence-corrected chi connectivity index (χ0v) is 18.5. The third kappa shape index (κ3) is 4.55. The van der Waals surface area contributed by atoms with Gasteiger partial charge in [0.2, 0.25) is 0 Å². The van der Waals surface area contributed by atoms with E-state index in [-0.39, 0.29) is 11.3 Å². The first-order valence-corrected chi connectivity index (χ1v) is 10.7. The lowest BCUT2D eigenvalue weighted by atomic mass is 10.1. The van der Waals surface area contributed by atoms with Crippen LogP contribution < -0.4 is 9.47 Å². The monoisotopic (exact) mass is 469 g/mol. The van der Waals surface area contributed by atoms with E-state index in [1.54, 1.807) is 57.0 Å². The molecule has 1 amide bonds. The number of nitrogens with zero attached hydrogens (tertiary/aromatic N) is 1. The summed E-state index contributed by atoms with van der Waals surface area (Å²) >= 11 is 11.2. The number of methoxy groups -OCH3 is 1. The lowest BCUT2D eigenvalue weighted by molar-refractivity contribution is -0.145. The molecule has 2 aromatic carbocycles. The molecular formula is C20H21BrClNO3S. The number of thioether (sulfide) groups is 1. The molecule has 0 radical (unpaired) electrons. The van der Waals surface area contributed by atoms with E-state index in [9.17, 15) is 4.79 Å². The Labute approximate surface area is 177 Å². The number of benzene rings is 2. The Bertz CT molecular complexity index is 828. The fourth-order valence-corrected chi connectivity index (χ4v) is 4.91. The molecule has 0 N–H and O–H groups in total. The van der Waals surface area contributed by atoms with E-state index < -0.39 is 5.60 Å². The van der Waals surface area contributed by atoms with E-state index in [2.05, 4.69) is 15.9 Å². The van der Waals surface area contributed by atoms with Gasteiger partial charge in [-0.05, 0) is 71.7 Å². The molecule has 0 saturated carbocycles. The van der Waals surface area contributed by atoms with Gasteiger partial charge < -0.3 is 14.4 Å². The molecule has 1 fully saturated rings. The summed E-state index contributed by atoms with van der Waals surface area (Å²) in [6.45, 7) is 4.28. The van der Waals surface area contributed by atoms with Crippen LogP contribution in [0.15, 0.2) is 46.9 Å². The highest BCUT2D eigenvalue weighted by molar-refractivity contribution is 9.10. The first-order chi connectivity index (χ1) is 12.8. The van der Waals surface area contributed by atoms with Crippen molar-refractivity contribution in [2.45, 2.75) is 24.8 Å². The van der Waals surface area contributed by atoms with E-state index in [1.165, 1.54) is 0 Å². The molecular weight excluding hydrogens is 450 g/mol. The van der Waals surface area contributed by atoms with E-state index in [4.69, 9.17) is 21.1 Å². The van der Waals surface area contributed by atoms with Gasteiger partial charge in [0.05, 0.1) is 11.6 Å². The van der Waals surface area contributed by atoms with Crippen LogP contribution in [0.4, 0.5) is 0 Å². The van der Waals surface area contributed by atoms with Gasteiger partial charge in [-0.2, -0.15) is 0 Å². The summed E-state index contributed by atoms with van der Waals surface area (Å²) in [5.74, 6) is 2.23. The van der Waals surface area contributed by atoms with Crippen molar-refractivity contribution in [3.8, 4) is 11.5 Å². The highest BCUT2D eigenvalue weighted by Crippen LogP contribution is 2.41. The van der Waals surface area contributed by atoms with Crippen LogP contribution in [0.25, 0.3) is 0 Å². The Kier molecular flexibility index (Phi) is 6.28. The van der Waals surface area contributed by atoms with Gasteiger partial charge in [-0.3, -0.25) is 4.79 Å². The van der Waals surface area contributed by atoms with Crippen LogP contribution in [0, 0.1) is 0 Å². The van der Waals surface area contributed by atoms with Crippen molar-refractivity contribution in [3.05, 3.63) is 57.5 Å². The molecule has 1 aliphatic heterocycles. The highest BCUT2D eigenvalue weighted by Gasteiger charge is 2.40. The van der Waals surface area contributed by atoms with Gasteiger partial charge in [-0.1, -0.05) is 17.7 Å². The minimum absolute atomic E-state index is 0.0422. The van der Waals surface area contributed by atoms with Crippen LogP contribution in [0.1, 0.15) is 24.8 Å². The first-order valence-electron chi connectivity index (χ1n) is 8.52. The molecule has 7 heteroatoms. The number of amides is 1. The second-order valence-electron chi connectivity index (χ2n) is 6.68. The van der Waals surface area contributed by atoms with Crippen molar-refractivity contribution in [1.29, 1.82) is 0 Å². The van der Waals surface area contributed by atoms with E-state index >= 15 is 0 Å². The third-order valence-corrected chi connectivity index (χ3v) is 6.45. The van der Waals surface area contributed by atoms with Crippen molar-refractivity contribution in [1.82, 2.24) is 4.90 Å². The fourth-order valence-electron chi connectivity index (χ4n) is 2.98. The number of carbonyl (C=O) groups excluding carboxylic acids is 1. The maximum absolute atomic E-state index is 13.3. The van der Waals surface area contributed by atoms with Crippen LogP contribution in [0.3, 0.4) is 0 Å². The summed E-state index contributed by atoms with van der Waals surface area (Å²) in [6, 6.07) is 13.0. The summed E-state index contributed by atoms with van der Waals surface area (Å²) in [4.78, 5) is 15.1. The fraction of sp³-hybridized carbons (Fsp3) is 0.350. The molecule has 144 valence electrons.